The zero-order valence-corrected chi connectivity index (χ0v) is 15.3. The number of fused-ring (bicyclic) bond motifs is 1. The van der Waals surface area contributed by atoms with Crippen LogP contribution >= 0.6 is 0 Å². The normalized spacial score (nSPS) is 18.0. The lowest BCUT2D eigenvalue weighted by molar-refractivity contribution is -0.323. The molecular formula is C21H21F4NO2. The number of carbonyl (C=O) groups excluding carboxylic acids is 1. The molecule has 2 aromatic carbocycles. The molecule has 1 aliphatic heterocycles. The summed E-state index contributed by atoms with van der Waals surface area (Å²) in [7, 11) is 0. The van der Waals surface area contributed by atoms with E-state index < -0.39 is 23.5 Å². The Labute approximate surface area is 160 Å². The summed E-state index contributed by atoms with van der Waals surface area (Å²) in [5.41, 5.74) is 0.852. The smallest absolute Gasteiger partial charge is 0.351 e. The van der Waals surface area contributed by atoms with Gasteiger partial charge in [-0.1, -0.05) is 36.4 Å². The molecule has 0 aromatic heterocycles. The summed E-state index contributed by atoms with van der Waals surface area (Å²) in [6.45, 7) is 2.21. The first-order chi connectivity index (χ1) is 13.1. The molecule has 3 rings (SSSR count). The van der Waals surface area contributed by atoms with Crippen molar-refractivity contribution in [3.63, 3.8) is 0 Å². The number of aryl methyl sites for hydroxylation is 1. The SMILES string of the molecule is CC(C(=O)N1CCCCc2cc(C(O)(F)C(F)(F)F)ccc21)c1ccccc1. The molecule has 2 unspecified atom stereocenters. The molecular weight excluding hydrogens is 374 g/mol. The van der Waals surface area contributed by atoms with Crippen molar-refractivity contribution in [3.8, 4) is 0 Å². The van der Waals surface area contributed by atoms with Crippen LogP contribution in [0.3, 0.4) is 0 Å². The van der Waals surface area contributed by atoms with Crippen molar-refractivity contribution < 1.29 is 27.5 Å². The van der Waals surface area contributed by atoms with E-state index in [-0.39, 0.29) is 5.91 Å². The van der Waals surface area contributed by atoms with Gasteiger partial charge in [0.1, 0.15) is 0 Å². The van der Waals surface area contributed by atoms with Crippen LogP contribution < -0.4 is 4.90 Å². The van der Waals surface area contributed by atoms with Crippen molar-refractivity contribution >= 4 is 11.6 Å². The van der Waals surface area contributed by atoms with E-state index in [1.165, 1.54) is 6.07 Å². The van der Waals surface area contributed by atoms with Crippen molar-refractivity contribution in [1.29, 1.82) is 0 Å². The Bertz CT molecular complexity index is 849. The molecule has 0 spiro atoms. The summed E-state index contributed by atoms with van der Waals surface area (Å²) in [4.78, 5) is 14.6. The van der Waals surface area contributed by atoms with Gasteiger partial charge in [-0.25, -0.2) is 0 Å². The zero-order valence-electron chi connectivity index (χ0n) is 15.3. The van der Waals surface area contributed by atoms with Gasteiger partial charge in [0.25, 0.3) is 0 Å². The molecule has 7 heteroatoms. The summed E-state index contributed by atoms with van der Waals surface area (Å²) in [6.07, 6.45) is -3.71. The summed E-state index contributed by atoms with van der Waals surface area (Å²) in [5.74, 6) is -5.03. The van der Waals surface area contributed by atoms with Crippen LogP contribution in [0.15, 0.2) is 48.5 Å². The lowest BCUT2D eigenvalue weighted by atomic mass is 9.97. The minimum atomic E-state index is -5.44. The third-order valence-electron chi connectivity index (χ3n) is 5.14. The summed E-state index contributed by atoms with van der Waals surface area (Å²) in [6, 6.07) is 12.4. The van der Waals surface area contributed by atoms with E-state index in [9.17, 15) is 27.5 Å². The number of nitrogens with zero attached hydrogens (tertiary/aromatic N) is 1. The lowest BCUT2D eigenvalue weighted by Crippen LogP contribution is -2.38. The molecule has 0 saturated carbocycles. The maximum Gasteiger partial charge on any atom is 0.453 e. The maximum absolute atomic E-state index is 14.0. The number of carbonyl (C=O) groups is 1. The largest absolute Gasteiger partial charge is 0.453 e. The molecule has 2 atom stereocenters. The Kier molecular flexibility index (Phi) is 5.48. The number of alkyl halides is 4. The number of hydrogen-bond acceptors (Lipinski definition) is 2. The predicted octanol–water partition coefficient (Wildman–Crippen LogP) is 4.84. The first kappa shape index (κ1) is 20.3. The fourth-order valence-electron chi connectivity index (χ4n) is 3.47. The third-order valence-corrected chi connectivity index (χ3v) is 5.14. The molecule has 0 fully saturated rings. The molecule has 0 radical (unpaired) electrons. The van der Waals surface area contributed by atoms with E-state index >= 15 is 0 Å². The average molecular weight is 395 g/mol. The molecule has 150 valence electrons. The van der Waals surface area contributed by atoms with E-state index in [0.29, 0.717) is 37.1 Å². The highest BCUT2D eigenvalue weighted by molar-refractivity contribution is 5.98. The van der Waals surface area contributed by atoms with Crippen LogP contribution in [0.4, 0.5) is 23.2 Å². The minimum absolute atomic E-state index is 0.173. The Morgan fingerprint density at radius 2 is 1.75 bits per heavy atom. The van der Waals surface area contributed by atoms with Gasteiger partial charge in [-0.05, 0) is 49.4 Å². The van der Waals surface area contributed by atoms with Crippen LogP contribution in [0.2, 0.25) is 0 Å². The van der Waals surface area contributed by atoms with Gasteiger partial charge in [-0.3, -0.25) is 4.79 Å². The molecule has 0 bridgehead atoms. The number of rotatable bonds is 3. The number of halogens is 4. The Morgan fingerprint density at radius 3 is 2.39 bits per heavy atom. The van der Waals surface area contributed by atoms with Crippen LogP contribution in [0, 0.1) is 0 Å². The number of benzene rings is 2. The molecule has 28 heavy (non-hydrogen) atoms. The van der Waals surface area contributed by atoms with Gasteiger partial charge < -0.3 is 10.0 Å². The van der Waals surface area contributed by atoms with Crippen molar-refractivity contribution in [2.24, 2.45) is 0 Å². The van der Waals surface area contributed by atoms with Gasteiger partial charge in [-0.15, -0.1) is 0 Å². The van der Waals surface area contributed by atoms with Crippen molar-refractivity contribution in [1.82, 2.24) is 0 Å². The van der Waals surface area contributed by atoms with Gasteiger partial charge in [0, 0.05) is 17.8 Å². The monoisotopic (exact) mass is 395 g/mol. The second kappa shape index (κ2) is 7.54. The molecule has 1 heterocycles. The lowest BCUT2D eigenvalue weighted by Gasteiger charge is -2.28. The summed E-state index contributed by atoms with van der Waals surface area (Å²) in [5, 5.41) is 9.33. The zero-order chi connectivity index (χ0) is 20.5. The van der Waals surface area contributed by atoms with Gasteiger partial charge in [0.15, 0.2) is 0 Å². The van der Waals surface area contributed by atoms with Gasteiger partial charge >= 0.3 is 12.0 Å². The van der Waals surface area contributed by atoms with E-state index in [4.69, 9.17) is 0 Å². The highest BCUT2D eigenvalue weighted by Gasteiger charge is 2.56. The number of hydrogen-bond donors (Lipinski definition) is 1. The van der Waals surface area contributed by atoms with E-state index in [1.54, 1.807) is 11.8 Å². The van der Waals surface area contributed by atoms with Crippen LogP contribution in [0.25, 0.3) is 0 Å². The summed E-state index contributed by atoms with van der Waals surface area (Å²) < 4.78 is 52.5. The summed E-state index contributed by atoms with van der Waals surface area (Å²) >= 11 is 0. The molecule has 0 aliphatic carbocycles. The molecule has 1 amide bonds. The highest BCUT2D eigenvalue weighted by Crippen LogP contribution is 2.42. The van der Waals surface area contributed by atoms with Crippen LogP contribution in [-0.2, 0) is 17.1 Å². The second-order valence-electron chi connectivity index (χ2n) is 7.04. The van der Waals surface area contributed by atoms with Crippen LogP contribution in [0.5, 0.6) is 0 Å². The van der Waals surface area contributed by atoms with Gasteiger partial charge in [0.2, 0.25) is 5.91 Å². The average Bonchev–Trinajstić information content (AvgIpc) is 2.88. The van der Waals surface area contributed by atoms with Crippen LogP contribution in [-0.4, -0.2) is 23.7 Å². The van der Waals surface area contributed by atoms with Crippen LogP contribution in [0.1, 0.15) is 42.4 Å². The number of aliphatic hydroxyl groups is 1. The fourth-order valence-corrected chi connectivity index (χ4v) is 3.47. The Morgan fingerprint density at radius 1 is 1.07 bits per heavy atom. The molecule has 2 aromatic rings. The van der Waals surface area contributed by atoms with E-state index in [2.05, 4.69) is 0 Å². The minimum Gasteiger partial charge on any atom is -0.351 e. The third kappa shape index (κ3) is 3.76. The van der Waals surface area contributed by atoms with Crippen molar-refractivity contribution in [2.75, 3.05) is 11.4 Å². The first-order valence-electron chi connectivity index (χ1n) is 9.10. The first-order valence-corrected chi connectivity index (χ1v) is 9.10. The highest BCUT2D eigenvalue weighted by atomic mass is 19.4. The number of amides is 1. The van der Waals surface area contributed by atoms with E-state index in [1.807, 2.05) is 30.3 Å². The Balaban J connectivity index is 1.96. The topological polar surface area (TPSA) is 40.5 Å². The predicted molar refractivity (Wildman–Crippen MR) is 97.6 cm³/mol. The molecule has 0 saturated heterocycles. The molecule has 3 nitrogen and oxygen atoms in total. The van der Waals surface area contributed by atoms with E-state index in [0.717, 1.165) is 17.7 Å². The number of anilines is 1. The fraction of sp³-hybridized carbons (Fsp3) is 0.381. The van der Waals surface area contributed by atoms with Crippen molar-refractivity contribution in [2.45, 2.75) is 44.1 Å². The van der Waals surface area contributed by atoms with Gasteiger partial charge in [0.05, 0.1) is 5.92 Å². The standard InChI is InChI=1S/C21H21F4NO2/c1-14(15-7-3-2-4-8-15)19(27)26-12-6-5-9-16-13-17(10-11-18(16)26)20(22,28)21(23,24)25/h2-4,7-8,10-11,13-14,28H,5-6,9,12H2,1H3. The van der Waals surface area contributed by atoms with Gasteiger partial charge in [-0.2, -0.15) is 17.6 Å². The maximum atomic E-state index is 14.0. The molecule has 1 aliphatic rings. The second-order valence-corrected chi connectivity index (χ2v) is 7.04. The quantitative estimate of drug-likeness (QED) is 0.756. The van der Waals surface area contributed by atoms with Crippen molar-refractivity contribution in [3.05, 3.63) is 65.2 Å². The Hall–Kier alpha value is -2.41. The molecule has 1 N–H and O–H groups in total.